The van der Waals surface area contributed by atoms with Gasteiger partial charge in [-0.25, -0.2) is 0 Å². The molecule has 1 amide bonds. The Hall–Kier alpha value is -0.570. The van der Waals surface area contributed by atoms with Crippen LogP contribution in [-0.4, -0.2) is 37.0 Å². The van der Waals surface area contributed by atoms with Crippen LogP contribution in [0.5, 0.6) is 0 Å². The van der Waals surface area contributed by atoms with Gasteiger partial charge in [0.1, 0.15) is 0 Å². The Balaban J connectivity index is 2.24. The number of likely N-dealkylation sites (tertiary alicyclic amines) is 1. The van der Waals surface area contributed by atoms with Crippen LogP contribution in [0.3, 0.4) is 0 Å². The van der Waals surface area contributed by atoms with Gasteiger partial charge in [-0.15, -0.1) is 0 Å². The molecule has 1 aliphatic rings. The number of hydrogen-bond acceptors (Lipinski definition) is 2. The van der Waals surface area contributed by atoms with Gasteiger partial charge >= 0.3 is 0 Å². The molecule has 0 aliphatic carbocycles. The molecule has 3 nitrogen and oxygen atoms in total. The number of nitrogens with one attached hydrogen (secondary N) is 1. The number of carbonyl (C=O) groups excluding carboxylic acids is 1. The second-order valence-electron chi connectivity index (χ2n) is 4.01. The number of hydrogen-bond donors (Lipinski definition) is 1. The Bertz CT molecular complexity index is 174. The lowest BCUT2D eigenvalue weighted by atomic mass is 9.96. The van der Waals surface area contributed by atoms with E-state index < -0.39 is 0 Å². The lowest BCUT2D eigenvalue weighted by Crippen LogP contribution is -2.40. The number of nitrogens with zero attached hydrogens (tertiary/aromatic N) is 1. The van der Waals surface area contributed by atoms with Crippen LogP contribution in [0.1, 0.15) is 33.1 Å². The SMILES string of the molecule is CCCN1CCC(C(=O)NCC)CC1. The summed E-state index contributed by atoms with van der Waals surface area (Å²) in [6.07, 6.45) is 3.28. The van der Waals surface area contributed by atoms with Crippen molar-refractivity contribution in [1.82, 2.24) is 10.2 Å². The fourth-order valence-electron chi connectivity index (χ4n) is 2.05. The summed E-state index contributed by atoms with van der Waals surface area (Å²) in [6.45, 7) is 8.31. The molecule has 82 valence electrons. The summed E-state index contributed by atoms with van der Waals surface area (Å²) in [5, 5.41) is 2.90. The average Bonchev–Trinajstić information content (AvgIpc) is 2.20. The Morgan fingerprint density at radius 1 is 1.36 bits per heavy atom. The van der Waals surface area contributed by atoms with E-state index in [9.17, 15) is 4.79 Å². The van der Waals surface area contributed by atoms with Gasteiger partial charge < -0.3 is 10.2 Å². The minimum absolute atomic E-state index is 0.253. The number of rotatable bonds is 4. The molecule has 1 aliphatic heterocycles. The van der Waals surface area contributed by atoms with Gasteiger partial charge in [0.2, 0.25) is 5.91 Å². The third-order valence-corrected chi connectivity index (χ3v) is 2.85. The molecule has 1 rings (SSSR count). The Morgan fingerprint density at radius 3 is 2.50 bits per heavy atom. The van der Waals surface area contributed by atoms with Gasteiger partial charge in [-0.05, 0) is 45.8 Å². The van der Waals surface area contributed by atoms with Crippen molar-refractivity contribution in [2.75, 3.05) is 26.2 Å². The van der Waals surface area contributed by atoms with Gasteiger partial charge in [0.25, 0.3) is 0 Å². The van der Waals surface area contributed by atoms with Crippen LogP contribution in [0.4, 0.5) is 0 Å². The van der Waals surface area contributed by atoms with Crippen LogP contribution in [0, 0.1) is 5.92 Å². The van der Waals surface area contributed by atoms with Crippen molar-refractivity contribution in [2.24, 2.45) is 5.92 Å². The highest BCUT2D eigenvalue weighted by Crippen LogP contribution is 2.17. The molecule has 0 saturated carbocycles. The first-order valence-electron chi connectivity index (χ1n) is 5.78. The fourth-order valence-corrected chi connectivity index (χ4v) is 2.05. The first-order chi connectivity index (χ1) is 6.77. The zero-order chi connectivity index (χ0) is 10.4. The third kappa shape index (κ3) is 3.29. The zero-order valence-corrected chi connectivity index (χ0v) is 9.38. The lowest BCUT2D eigenvalue weighted by Gasteiger charge is -2.30. The van der Waals surface area contributed by atoms with Gasteiger partial charge in [-0.1, -0.05) is 6.92 Å². The molecule has 0 radical (unpaired) electrons. The van der Waals surface area contributed by atoms with Gasteiger partial charge in [0.15, 0.2) is 0 Å². The topological polar surface area (TPSA) is 32.3 Å². The zero-order valence-electron chi connectivity index (χ0n) is 9.38. The quantitative estimate of drug-likeness (QED) is 0.737. The molecule has 14 heavy (non-hydrogen) atoms. The van der Waals surface area contributed by atoms with Gasteiger partial charge in [0.05, 0.1) is 0 Å². The number of carbonyl (C=O) groups is 1. The minimum atomic E-state index is 0.253. The van der Waals surface area contributed by atoms with E-state index in [1.54, 1.807) is 0 Å². The summed E-state index contributed by atoms with van der Waals surface area (Å²) in [4.78, 5) is 14.0. The number of amides is 1. The van der Waals surface area contributed by atoms with Crippen molar-refractivity contribution in [3.8, 4) is 0 Å². The predicted molar refractivity (Wildman–Crippen MR) is 58.1 cm³/mol. The summed E-state index contributed by atoms with van der Waals surface area (Å²) >= 11 is 0. The van der Waals surface area contributed by atoms with Crippen molar-refractivity contribution in [1.29, 1.82) is 0 Å². The molecule has 0 aromatic rings. The van der Waals surface area contributed by atoms with Crippen molar-refractivity contribution in [3.05, 3.63) is 0 Å². The largest absolute Gasteiger partial charge is 0.356 e. The van der Waals surface area contributed by atoms with Crippen molar-refractivity contribution >= 4 is 5.91 Å². The standard InChI is InChI=1S/C11H22N2O/c1-3-7-13-8-5-10(6-9-13)11(14)12-4-2/h10H,3-9H2,1-2H3,(H,12,14). The Kier molecular flexibility index (Phi) is 4.94. The van der Waals surface area contributed by atoms with E-state index in [2.05, 4.69) is 17.1 Å². The van der Waals surface area contributed by atoms with Crippen LogP contribution >= 0.6 is 0 Å². The van der Waals surface area contributed by atoms with E-state index in [4.69, 9.17) is 0 Å². The van der Waals surface area contributed by atoms with E-state index >= 15 is 0 Å². The fraction of sp³-hybridized carbons (Fsp3) is 0.909. The molecular formula is C11H22N2O. The predicted octanol–water partition coefficient (Wildman–Crippen LogP) is 1.24. The second-order valence-corrected chi connectivity index (χ2v) is 4.01. The van der Waals surface area contributed by atoms with Crippen molar-refractivity contribution in [3.63, 3.8) is 0 Å². The van der Waals surface area contributed by atoms with E-state index in [-0.39, 0.29) is 11.8 Å². The molecular weight excluding hydrogens is 176 g/mol. The smallest absolute Gasteiger partial charge is 0.223 e. The molecule has 0 aromatic heterocycles. The molecule has 1 heterocycles. The highest BCUT2D eigenvalue weighted by atomic mass is 16.1. The molecule has 0 atom stereocenters. The molecule has 1 fully saturated rings. The summed E-state index contributed by atoms with van der Waals surface area (Å²) < 4.78 is 0. The second kappa shape index (κ2) is 6.02. The summed E-state index contributed by atoms with van der Waals surface area (Å²) in [7, 11) is 0. The van der Waals surface area contributed by atoms with Crippen molar-refractivity contribution in [2.45, 2.75) is 33.1 Å². The van der Waals surface area contributed by atoms with Gasteiger partial charge in [-0.2, -0.15) is 0 Å². The highest BCUT2D eigenvalue weighted by Gasteiger charge is 2.23. The molecule has 0 aromatic carbocycles. The molecule has 0 spiro atoms. The van der Waals surface area contributed by atoms with E-state index in [0.717, 1.165) is 32.5 Å². The van der Waals surface area contributed by atoms with E-state index in [1.165, 1.54) is 13.0 Å². The normalized spacial score (nSPS) is 19.6. The van der Waals surface area contributed by atoms with Crippen LogP contribution in [0.2, 0.25) is 0 Å². The molecule has 0 unspecified atom stereocenters. The number of piperidine rings is 1. The summed E-state index contributed by atoms with van der Waals surface area (Å²) in [5.41, 5.74) is 0. The monoisotopic (exact) mass is 198 g/mol. The maximum atomic E-state index is 11.5. The third-order valence-electron chi connectivity index (χ3n) is 2.85. The van der Waals surface area contributed by atoms with Gasteiger partial charge in [-0.3, -0.25) is 4.79 Å². The van der Waals surface area contributed by atoms with Crippen LogP contribution in [0.25, 0.3) is 0 Å². The van der Waals surface area contributed by atoms with E-state index in [0.29, 0.717) is 0 Å². The van der Waals surface area contributed by atoms with Crippen LogP contribution in [0.15, 0.2) is 0 Å². The first-order valence-corrected chi connectivity index (χ1v) is 5.78. The molecule has 1 saturated heterocycles. The first kappa shape index (κ1) is 11.5. The molecule has 1 N–H and O–H groups in total. The van der Waals surface area contributed by atoms with Crippen LogP contribution < -0.4 is 5.32 Å². The molecule has 3 heteroatoms. The Morgan fingerprint density at radius 2 is 2.00 bits per heavy atom. The highest BCUT2D eigenvalue weighted by molar-refractivity contribution is 5.78. The van der Waals surface area contributed by atoms with E-state index in [1.807, 2.05) is 6.92 Å². The molecule has 0 bridgehead atoms. The maximum absolute atomic E-state index is 11.5. The van der Waals surface area contributed by atoms with Crippen molar-refractivity contribution < 1.29 is 4.79 Å². The minimum Gasteiger partial charge on any atom is -0.356 e. The van der Waals surface area contributed by atoms with Crippen LogP contribution in [-0.2, 0) is 4.79 Å². The maximum Gasteiger partial charge on any atom is 0.223 e. The summed E-state index contributed by atoms with van der Waals surface area (Å²) in [5.74, 6) is 0.520. The summed E-state index contributed by atoms with van der Waals surface area (Å²) in [6, 6.07) is 0. The Labute approximate surface area is 86.9 Å². The lowest BCUT2D eigenvalue weighted by molar-refractivity contribution is -0.126. The average molecular weight is 198 g/mol. The van der Waals surface area contributed by atoms with Gasteiger partial charge in [0, 0.05) is 12.5 Å².